The highest BCUT2D eigenvalue weighted by Gasteiger charge is 2.15. The molecule has 1 atom stereocenters. The fourth-order valence-electron chi connectivity index (χ4n) is 6.13. The Hall–Kier alpha value is -2.46. The van der Waals surface area contributed by atoms with Crippen LogP contribution in [0.1, 0.15) is 159 Å². The van der Waals surface area contributed by atoms with Crippen LogP contribution in [0.25, 0.3) is 11.1 Å². The Balaban J connectivity index is 2.17. The Morgan fingerprint density at radius 1 is 0.800 bits per heavy atom. The minimum absolute atomic E-state index is 0.305. The fourth-order valence-corrected chi connectivity index (χ4v) is 6.13. The van der Waals surface area contributed by atoms with Crippen molar-refractivity contribution in [2.75, 3.05) is 20.3 Å². The standard InChI is InChI=1S/C41H66O4/c1-7-10-12-13-14-15-16-17-21-28-44-41-29-33(4)38(31-40(41)43-6)36(25-20-18-19-23-35(32-42)22-9-3)30-37(24-11-8-2)39-27-26-34(5)45-39/h24,26-27,29-31,35,42H,7-23,25,28,32H2,1-6H3/b36-30-,37-24-. The van der Waals surface area contributed by atoms with Crippen molar-refractivity contribution in [3.8, 4) is 11.5 Å². The van der Waals surface area contributed by atoms with Gasteiger partial charge in [-0.2, -0.15) is 0 Å². The first-order chi connectivity index (χ1) is 22.0. The van der Waals surface area contributed by atoms with Gasteiger partial charge in [0.2, 0.25) is 0 Å². The lowest BCUT2D eigenvalue weighted by atomic mass is 9.91. The maximum atomic E-state index is 9.72. The van der Waals surface area contributed by atoms with E-state index in [-0.39, 0.29) is 0 Å². The van der Waals surface area contributed by atoms with Crippen LogP contribution in [0.15, 0.2) is 40.8 Å². The van der Waals surface area contributed by atoms with Crippen LogP contribution in [0.5, 0.6) is 11.5 Å². The summed E-state index contributed by atoms with van der Waals surface area (Å²) in [5, 5.41) is 9.72. The maximum absolute atomic E-state index is 9.72. The number of hydrogen-bond donors (Lipinski definition) is 1. The van der Waals surface area contributed by atoms with Crippen LogP contribution < -0.4 is 9.47 Å². The number of allylic oxidation sites excluding steroid dienone is 4. The molecule has 4 nitrogen and oxygen atoms in total. The molecule has 0 aliphatic rings. The van der Waals surface area contributed by atoms with E-state index < -0.39 is 0 Å². The Labute approximate surface area is 276 Å². The maximum Gasteiger partial charge on any atom is 0.161 e. The summed E-state index contributed by atoms with van der Waals surface area (Å²) in [4.78, 5) is 0. The number of benzene rings is 1. The molecule has 0 bridgehead atoms. The molecule has 0 saturated carbocycles. The van der Waals surface area contributed by atoms with Crippen molar-refractivity contribution >= 4 is 11.1 Å². The third-order valence-electron chi connectivity index (χ3n) is 8.88. The van der Waals surface area contributed by atoms with Crippen molar-refractivity contribution in [3.63, 3.8) is 0 Å². The van der Waals surface area contributed by atoms with Gasteiger partial charge in [-0.15, -0.1) is 0 Å². The number of methoxy groups -OCH3 is 1. The Morgan fingerprint density at radius 2 is 1.51 bits per heavy atom. The molecule has 0 fully saturated rings. The highest BCUT2D eigenvalue weighted by atomic mass is 16.5. The lowest BCUT2D eigenvalue weighted by Gasteiger charge is -2.18. The van der Waals surface area contributed by atoms with Crippen molar-refractivity contribution in [1.82, 2.24) is 0 Å². The highest BCUT2D eigenvalue weighted by molar-refractivity contribution is 5.84. The van der Waals surface area contributed by atoms with Gasteiger partial charge in [0.15, 0.2) is 11.5 Å². The summed E-state index contributed by atoms with van der Waals surface area (Å²) in [5.74, 6) is 3.93. The minimum atomic E-state index is 0.305. The van der Waals surface area contributed by atoms with Crippen LogP contribution in [0.4, 0.5) is 0 Å². The van der Waals surface area contributed by atoms with Gasteiger partial charge in [0.25, 0.3) is 0 Å². The molecule has 45 heavy (non-hydrogen) atoms. The summed E-state index contributed by atoms with van der Waals surface area (Å²) < 4.78 is 18.3. The second-order valence-corrected chi connectivity index (χ2v) is 13.0. The molecular weight excluding hydrogens is 556 g/mol. The first-order valence-electron chi connectivity index (χ1n) is 18.4. The number of rotatable bonds is 26. The van der Waals surface area contributed by atoms with E-state index >= 15 is 0 Å². The van der Waals surface area contributed by atoms with Gasteiger partial charge >= 0.3 is 0 Å². The smallest absolute Gasteiger partial charge is 0.161 e. The molecular formula is C41H66O4. The van der Waals surface area contributed by atoms with E-state index in [0.717, 1.165) is 99.4 Å². The molecule has 0 amide bonds. The Bertz CT molecular complexity index is 1110. The zero-order valence-electron chi connectivity index (χ0n) is 29.9. The molecule has 1 aromatic carbocycles. The van der Waals surface area contributed by atoms with Gasteiger partial charge in [0.1, 0.15) is 11.5 Å². The van der Waals surface area contributed by atoms with Crippen LogP contribution in [-0.2, 0) is 0 Å². The van der Waals surface area contributed by atoms with Gasteiger partial charge in [-0.05, 0) is 105 Å². The largest absolute Gasteiger partial charge is 0.493 e. The van der Waals surface area contributed by atoms with Gasteiger partial charge in [-0.1, -0.05) is 104 Å². The van der Waals surface area contributed by atoms with Gasteiger partial charge < -0.3 is 19.0 Å². The van der Waals surface area contributed by atoms with E-state index in [4.69, 9.17) is 13.9 Å². The molecule has 0 aliphatic heterocycles. The monoisotopic (exact) mass is 622 g/mol. The quantitative estimate of drug-likeness (QED) is 0.0837. The lowest BCUT2D eigenvalue weighted by molar-refractivity contribution is 0.206. The van der Waals surface area contributed by atoms with Gasteiger partial charge in [-0.25, -0.2) is 0 Å². The first-order valence-corrected chi connectivity index (χ1v) is 18.4. The summed E-state index contributed by atoms with van der Waals surface area (Å²) in [6.45, 7) is 11.9. The average Bonchev–Trinajstić information content (AvgIpc) is 3.48. The van der Waals surface area contributed by atoms with Crippen LogP contribution in [-0.4, -0.2) is 25.4 Å². The molecule has 1 unspecified atom stereocenters. The van der Waals surface area contributed by atoms with Crippen molar-refractivity contribution < 1.29 is 19.0 Å². The number of unbranched alkanes of at least 4 members (excludes halogenated alkanes) is 11. The van der Waals surface area contributed by atoms with Gasteiger partial charge in [0.05, 0.1) is 13.7 Å². The molecule has 4 heteroatoms. The fraction of sp³-hybridized carbons (Fsp3) is 0.659. The topological polar surface area (TPSA) is 51.8 Å². The third-order valence-corrected chi connectivity index (χ3v) is 8.88. The summed E-state index contributed by atoms with van der Waals surface area (Å²) >= 11 is 0. The Kier molecular flexibility index (Phi) is 20.5. The second-order valence-electron chi connectivity index (χ2n) is 13.0. The summed E-state index contributed by atoms with van der Waals surface area (Å²) in [5.41, 5.74) is 4.87. The van der Waals surface area contributed by atoms with Crippen molar-refractivity contribution in [3.05, 3.63) is 59.1 Å². The number of aliphatic hydroxyl groups excluding tert-OH is 1. The molecule has 0 aliphatic carbocycles. The van der Waals surface area contributed by atoms with Crippen molar-refractivity contribution in [2.24, 2.45) is 5.92 Å². The highest BCUT2D eigenvalue weighted by Crippen LogP contribution is 2.37. The molecule has 0 saturated heterocycles. The molecule has 254 valence electrons. The minimum Gasteiger partial charge on any atom is -0.493 e. The van der Waals surface area contributed by atoms with Crippen molar-refractivity contribution in [2.45, 2.75) is 150 Å². The van der Waals surface area contributed by atoms with E-state index in [1.807, 2.05) is 13.0 Å². The average molecular weight is 623 g/mol. The van der Waals surface area contributed by atoms with E-state index in [0.29, 0.717) is 12.5 Å². The summed E-state index contributed by atoms with van der Waals surface area (Å²) in [7, 11) is 1.75. The normalized spacial score (nSPS) is 13.0. The predicted octanol–water partition coefficient (Wildman–Crippen LogP) is 12.4. The number of hydrogen-bond acceptors (Lipinski definition) is 4. The first kappa shape index (κ1) is 38.7. The van der Waals surface area contributed by atoms with Gasteiger partial charge in [-0.3, -0.25) is 0 Å². The predicted molar refractivity (Wildman–Crippen MR) is 193 cm³/mol. The number of aliphatic hydroxyl groups is 1. The van der Waals surface area contributed by atoms with Gasteiger partial charge in [0, 0.05) is 12.2 Å². The van der Waals surface area contributed by atoms with Crippen LogP contribution in [0.3, 0.4) is 0 Å². The molecule has 0 spiro atoms. The molecule has 0 radical (unpaired) electrons. The van der Waals surface area contributed by atoms with E-state index in [9.17, 15) is 5.11 Å². The number of ether oxygens (including phenoxy) is 2. The van der Waals surface area contributed by atoms with E-state index in [1.54, 1.807) is 7.11 Å². The number of aryl methyl sites for hydroxylation is 2. The van der Waals surface area contributed by atoms with E-state index in [1.165, 1.54) is 68.1 Å². The van der Waals surface area contributed by atoms with Crippen LogP contribution in [0.2, 0.25) is 0 Å². The molecule has 2 aromatic rings. The Morgan fingerprint density at radius 3 is 2.13 bits per heavy atom. The molecule has 1 N–H and O–H groups in total. The summed E-state index contributed by atoms with van der Waals surface area (Å²) in [6, 6.07) is 8.48. The third kappa shape index (κ3) is 15.1. The SMILES string of the molecule is CCC/C=C(/C=C(/CCCCCC(CO)CCC)c1cc(OC)c(OCCCCCCCCCCC)cc1C)c1ccc(C)o1. The zero-order chi connectivity index (χ0) is 32.7. The number of furan rings is 1. The molecule has 2 rings (SSSR count). The van der Waals surface area contributed by atoms with Crippen LogP contribution >= 0.6 is 0 Å². The molecule has 1 aromatic heterocycles. The zero-order valence-corrected chi connectivity index (χ0v) is 29.9. The summed E-state index contributed by atoms with van der Waals surface area (Å²) in [6.07, 6.45) is 26.2. The molecule has 1 heterocycles. The van der Waals surface area contributed by atoms with E-state index in [2.05, 4.69) is 58.0 Å². The van der Waals surface area contributed by atoms with Crippen molar-refractivity contribution in [1.29, 1.82) is 0 Å². The lowest BCUT2D eigenvalue weighted by Crippen LogP contribution is -2.05. The van der Waals surface area contributed by atoms with Crippen LogP contribution in [0, 0.1) is 19.8 Å². The second kappa shape index (κ2) is 23.8.